The molecule has 2 nitrogen and oxygen atoms in total. The largest absolute Gasteiger partial charge is 0.480 e. The summed E-state index contributed by atoms with van der Waals surface area (Å²) in [5.74, 6) is -1.67. The number of carboxylic acid groups (broad SMARTS) is 1. The Morgan fingerprint density at radius 2 is 1.59 bits per heavy atom. The molecule has 0 aromatic carbocycles. The van der Waals surface area contributed by atoms with Crippen LogP contribution in [0.3, 0.4) is 0 Å². The summed E-state index contributed by atoms with van der Waals surface area (Å²) in [4.78, 5) is 9.10. The monoisotopic (exact) mass is 486 g/mol. The zero-order chi connectivity index (χ0) is 16.5. The van der Waals surface area contributed by atoms with Gasteiger partial charge in [0.2, 0.25) is 0 Å². The Morgan fingerprint density at radius 1 is 1.09 bits per heavy atom. The lowest BCUT2D eigenvalue weighted by molar-refractivity contribution is -0.142. The van der Waals surface area contributed by atoms with Crippen LogP contribution in [0, 0.1) is 23.7 Å². The van der Waals surface area contributed by atoms with Crippen molar-refractivity contribution in [3.8, 4) is 0 Å². The minimum absolute atomic E-state index is 0.0268. The van der Waals surface area contributed by atoms with Crippen molar-refractivity contribution in [2.45, 2.75) is 31.2 Å². The third kappa shape index (κ3) is 1.38. The van der Waals surface area contributed by atoms with Crippen LogP contribution in [-0.2, 0) is 4.79 Å². The van der Waals surface area contributed by atoms with Crippen LogP contribution in [0.4, 0.5) is 0 Å². The van der Waals surface area contributed by atoms with Gasteiger partial charge in [-0.3, -0.25) is 4.79 Å². The molecule has 0 aliphatic heterocycles. The van der Waals surface area contributed by atoms with Crippen molar-refractivity contribution in [3.63, 3.8) is 0 Å². The van der Waals surface area contributed by atoms with Gasteiger partial charge in [0, 0.05) is 0 Å². The Kier molecular flexibility index (Phi) is 3.37. The quantitative estimate of drug-likeness (QED) is 0.400. The summed E-state index contributed by atoms with van der Waals surface area (Å²) in [6.45, 7) is 0. The van der Waals surface area contributed by atoms with Crippen molar-refractivity contribution < 1.29 is 9.90 Å². The topological polar surface area (TPSA) is 37.3 Å². The summed E-state index contributed by atoms with van der Waals surface area (Å²) in [6, 6.07) is 0. The minimum Gasteiger partial charge on any atom is -0.480 e. The van der Waals surface area contributed by atoms with Gasteiger partial charge in [0.05, 0.1) is 10.1 Å². The molecule has 0 amide bonds. The Balaban J connectivity index is 1.94. The van der Waals surface area contributed by atoms with E-state index < -0.39 is 24.4 Å². The molecule has 3 fully saturated rings. The number of hydrogen-bond acceptors (Lipinski definition) is 1. The molecule has 7 atom stereocenters. The number of carboxylic acids is 1. The standard InChI is InChI=1S/C13H9BrCl6O2/c14-10(9(21)22)2-3-1-4(10)6-5(3)11(17)7(15)8(16)12(6,18)13(11,19)20/h3-6H,1-2H2,(H,21,22). The normalized spacial score (nSPS) is 57.6. The first kappa shape index (κ1) is 16.9. The molecule has 0 spiro atoms. The highest BCUT2D eigenvalue weighted by atomic mass is 79.9. The van der Waals surface area contributed by atoms with E-state index in [4.69, 9.17) is 69.6 Å². The Labute approximate surface area is 165 Å². The summed E-state index contributed by atoms with van der Waals surface area (Å²) in [7, 11) is 0. The van der Waals surface area contributed by atoms with E-state index in [0.717, 1.165) is 0 Å². The Morgan fingerprint density at radius 3 is 2.09 bits per heavy atom. The lowest BCUT2D eigenvalue weighted by Gasteiger charge is -2.44. The van der Waals surface area contributed by atoms with Crippen molar-refractivity contribution in [3.05, 3.63) is 10.1 Å². The first-order valence-electron chi connectivity index (χ1n) is 6.69. The number of aliphatic carboxylic acids is 1. The van der Waals surface area contributed by atoms with Crippen molar-refractivity contribution in [1.82, 2.24) is 0 Å². The lowest BCUT2D eigenvalue weighted by atomic mass is 9.68. The fourth-order valence-corrected chi connectivity index (χ4v) is 9.32. The van der Waals surface area contributed by atoms with Crippen LogP contribution in [0.25, 0.3) is 0 Å². The number of hydrogen-bond donors (Lipinski definition) is 1. The third-order valence-electron chi connectivity index (χ3n) is 6.05. The van der Waals surface area contributed by atoms with E-state index in [-0.39, 0.29) is 33.7 Å². The lowest BCUT2D eigenvalue weighted by Crippen LogP contribution is -2.51. The average Bonchev–Trinajstić information content (AvgIpc) is 3.03. The Hall–Kier alpha value is 1.43. The number of halogens is 7. The molecule has 0 heterocycles. The molecule has 0 aromatic heterocycles. The molecule has 9 heteroatoms. The fraction of sp³-hybridized carbons (Fsp3) is 0.769. The molecule has 0 aromatic rings. The van der Waals surface area contributed by atoms with Crippen molar-refractivity contribution in [2.75, 3.05) is 0 Å². The molecule has 4 aliphatic rings. The highest BCUT2D eigenvalue weighted by Gasteiger charge is 2.88. The van der Waals surface area contributed by atoms with Gasteiger partial charge in [0.15, 0.2) is 4.33 Å². The maximum absolute atomic E-state index is 11.7. The van der Waals surface area contributed by atoms with Gasteiger partial charge in [-0.05, 0) is 36.5 Å². The van der Waals surface area contributed by atoms with Crippen LogP contribution < -0.4 is 0 Å². The molecule has 1 N–H and O–H groups in total. The molecular formula is C13H9BrCl6O2. The van der Waals surface area contributed by atoms with E-state index in [1.165, 1.54) is 0 Å². The smallest absolute Gasteiger partial charge is 0.320 e. The molecule has 22 heavy (non-hydrogen) atoms. The van der Waals surface area contributed by atoms with Crippen LogP contribution in [-0.4, -0.2) is 29.5 Å². The maximum atomic E-state index is 11.7. The van der Waals surface area contributed by atoms with Crippen LogP contribution in [0.15, 0.2) is 10.1 Å². The predicted octanol–water partition coefficient (Wildman–Crippen LogP) is 5.32. The van der Waals surface area contributed by atoms with Gasteiger partial charge in [0.25, 0.3) is 0 Å². The van der Waals surface area contributed by atoms with E-state index in [0.29, 0.717) is 12.8 Å². The van der Waals surface area contributed by atoms with E-state index in [9.17, 15) is 9.90 Å². The molecule has 4 rings (SSSR count). The molecule has 0 saturated heterocycles. The molecular weight excluding hydrogens is 481 g/mol. The van der Waals surface area contributed by atoms with Crippen LogP contribution in [0.1, 0.15) is 12.8 Å². The summed E-state index contributed by atoms with van der Waals surface area (Å²) >= 11 is 42.9. The minimum atomic E-state index is -1.58. The first-order valence-corrected chi connectivity index (χ1v) is 9.76. The van der Waals surface area contributed by atoms with Gasteiger partial charge < -0.3 is 5.11 Å². The van der Waals surface area contributed by atoms with E-state index in [2.05, 4.69) is 15.9 Å². The highest BCUT2D eigenvalue weighted by molar-refractivity contribution is 9.10. The van der Waals surface area contributed by atoms with Gasteiger partial charge in [-0.2, -0.15) is 0 Å². The number of carbonyl (C=O) groups is 1. The van der Waals surface area contributed by atoms with Gasteiger partial charge in [-0.25, -0.2) is 0 Å². The zero-order valence-electron chi connectivity index (χ0n) is 10.7. The van der Waals surface area contributed by atoms with E-state index >= 15 is 0 Å². The molecule has 3 saturated carbocycles. The van der Waals surface area contributed by atoms with Gasteiger partial charge in [-0.15, -0.1) is 23.2 Å². The third-order valence-corrected chi connectivity index (χ3v) is 11.6. The summed E-state index contributed by atoms with van der Waals surface area (Å²) in [5.41, 5.74) is 0. The summed E-state index contributed by atoms with van der Waals surface area (Å²) < 4.78 is -2.63. The summed E-state index contributed by atoms with van der Waals surface area (Å²) in [6.07, 6.45) is 1.13. The van der Waals surface area contributed by atoms with E-state index in [1.54, 1.807) is 0 Å². The second kappa shape index (κ2) is 4.39. The number of alkyl halides is 5. The number of allylic oxidation sites excluding steroid dienone is 2. The first-order chi connectivity index (χ1) is 9.95. The molecule has 7 unspecified atom stereocenters. The Bertz CT molecular complexity index is 652. The molecule has 0 radical (unpaired) electrons. The molecule has 4 bridgehead atoms. The van der Waals surface area contributed by atoms with Crippen LogP contribution in [0.2, 0.25) is 0 Å². The highest BCUT2D eigenvalue weighted by Crippen LogP contribution is 2.83. The van der Waals surface area contributed by atoms with Gasteiger partial charge in [0.1, 0.15) is 14.1 Å². The zero-order valence-corrected chi connectivity index (χ0v) is 16.8. The second-order valence-corrected chi connectivity index (χ2v) is 11.3. The molecule has 4 aliphatic carbocycles. The second-order valence-electron chi connectivity index (χ2n) is 6.65. The van der Waals surface area contributed by atoms with Crippen molar-refractivity contribution in [2.24, 2.45) is 23.7 Å². The molecule has 122 valence electrons. The SMILES string of the molecule is O=C(O)C1(Br)CC2CC1C1C2C2(Cl)C(Cl)=C(Cl)C1(Cl)C2(Cl)Cl. The van der Waals surface area contributed by atoms with E-state index in [1.807, 2.05) is 0 Å². The number of fused-ring (bicyclic) bond motifs is 9. The fourth-order valence-electron chi connectivity index (χ4n) is 5.29. The summed E-state index contributed by atoms with van der Waals surface area (Å²) in [5, 5.41) is 9.96. The van der Waals surface area contributed by atoms with Crippen LogP contribution >= 0.6 is 85.5 Å². The van der Waals surface area contributed by atoms with Gasteiger partial charge in [-0.1, -0.05) is 62.3 Å². The van der Waals surface area contributed by atoms with Gasteiger partial charge >= 0.3 is 5.97 Å². The average molecular weight is 490 g/mol. The number of rotatable bonds is 1. The predicted molar refractivity (Wildman–Crippen MR) is 92.8 cm³/mol. The maximum Gasteiger partial charge on any atom is 0.320 e. The van der Waals surface area contributed by atoms with Crippen molar-refractivity contribution in [1.29, 1.82) is 0 Å². The van der Waals surface area contributed by atoms with Crippen LogP contribution in [0.5, 0.6) is 0 Å². The van der Waals surface area contributed by atoms with Crippen molar-refractivity contribution >= 4 is 91.5 Å².